The molecule has 1 aromatic heterocycles. The third-order valence-electron chi connectivity index (χ3n) is 5.25. The number of nitriles is 1. The van der Waals surface area contributed by atoms with Crippen LogP contribution in [-0.4, -0.2) is 46.8 Å². The van der Waals surface area contributed by atoms with E-state index in [4.69, 9.17) is 5.26 Å². The summed E-state index contributed by atoms with van der Waals surface area (Å²) in [4.78, 5) is 29.8. The molecule has 31 heavy (non-hydrogen) atoms. The minimum Gasteiger partial charge on any atom is -0.343 e. The highest BCUT2D eigenvalue weighted by molar-refractivity contribution is 5.97. The molecular weight excluding hydrogens is 409 g/mol. The standard InChI is InChI=1S/C22H21F3N4O2/c1-14(15-2-4-17(23)5-3-15)8-16-11-27-7-6-19(16)21(31)28-12-20(30)29-13-22(24,25)9-18(29)10-26/h2-7,11,14,18H,8-9,12-13H2,1H3,(H,28,31)/t14?,18-/m0/s1. The van der Waals surface area contributed by atoms with Gasteiger partial charge in [-0.05, 0) is 41.7 Å². The minimum absolute atomic E-state index is 0.0267. The zero-order valence-corrected chi connectivity index (χ0v) is 16.8. The van der Waals surface area contributed by atoms with Gasteiger partial charge in [-0.1, -0.05) is 19.1 Å². The van der Waals surface area contributed by atoms with E-state index >= 15 is 0 Å². The van der Waals surface area contributed by atoms with E-state index in [0.29, 0.717) is 17.5 Å². The number of halogens is 3. The fraction of sp³-hybridized carbons (Fsp3) is 0.364. The quantitative estimate of drug-likeness (QED) is 0.763. The van der Waals surface area contributed by atoms with Crippen molar-refractivity contribution >= 4 is 11.8 Å². The number of nitrogens with zero attached hydrogens (tertiary/aromatic N) is 3. The molecule has 2 atom stereocenters. The van der Waals surface area contributed by atoms with Gasteiger partial charge in [0.15, 0.2) is 0 Å². The van der Waals surface area contributed by atoms with Crippen LogP contribution in [-0.2, 0) is 11.2 Å². The molecule has 0 saturated carbocycles. The number of likely N-dealkylation sites (tertiary alicyclic amines) is 1. The van der Waals surface area contributed by atoms with E-state index in [0.717, 1.165) is 10.5 Å². The SMILES string of the molecule is CC(Cc1cnccc1C(=O)NCC(=O)N1CC(F)(F)C[C@H]1C#N)c1ccc(F)cc1. The Morgan fingerprint density at radius 2 is 2.03 bits per heavy atom. The molecule has 1 saturated heterocycles. The summed E-state index contributed by atoms with van der Waals surface area (Å²) in [6.45, 7) is 0.596. The van der Waals surface area contributed by atoms with Crippen molar-refractivity contribution in [1.82, 2.24) is 15.2 Å². The first kappa shape index (κ1) is 22.3. The van der Waals surface area contributed by atoms with Crippen LogP contribution in [0.5, 0.6) is 0 Å². The molecule has 0 bridgehead atoms. The van der Waals surface area contributed by atoms with Gasteiger partial charge in [-0.15, -0.1) is 0 Å². The number of pyridine rings is 1. The highest BCUT2D eigenvalue weighted by Gasteiger charge is 2.47. The number of alkyl halides is 2. The number of carbonyl (C=O) groups excluding carboxylic acids is 2. The molecule has 2 heterocycles. The second-order valence-corrected chi connectivity index (χ2v) is 7.60. The summed E-state index contributed by atoms with van der Waals surface area (Å²) in [7, 11) is 0. The van der Waals surface area contributed by atoms with Crippen LogP contribution in [0.3, 0.4) is 0 Å². The third kappa shape index (κ3) is 5.40. The molecule has 1 aliphatic heterocycles. The van der Waals surface area contributed by atoms with Crippen LogP contribution in [0.2, 0.25) is 0 Å². The highest BCUT2D eigenvalue weighted by Crippen LogP contribution is 2.31. The van der Waals surface area contributed by atoms with E-state index in [2.05, 4.69) is 10.3 Å². The van der Waals surface area contributed by atoms with E-state index in [9.17, 15) is 22.8 Å². The molecule has 1 N–H and O–H groups in total. The van der Waals surface area contributed by atoms with E-state index in [1.807, 2.05) is 6.92 Å². The molecule has 0 radical (unpaired) electrons. The molecule has 162 valence electrons. The monoisotopic (exact) mass is 430 g/mol. The van der Waals surface area contributed by atoms with Gasteiger partial charge in [-0.3, -0.25) is 14.6 Å². The maximum absolute atomic E-state index is 13.5. The summed E-state index contributed by atoms with van der Waals surface area (Å²) < 4.78 is 40.2. The van der Waals surface area contributed by atoms with Crippen molar-refractivity contribution in [2.24, 2.45) is 0 Å². The van der Waals surface area contributed by atoms with E-state index in [-0.39, 0.29) is 11.7 Å². The first-order chi connectivity index (χ1) is 14.7. The summed E-state index contributed by atoms with van der Waals surface area (Å²) in [5.74, 6) is -4.77. The van der Waals surface area contributed by atoms with Crippen LogP contribution in [0.25, 0.3) is 0 Å². The number of hydrogen-bond acceptors (Lipinski definition) is 4. The molecule has 2 amide bonds. The predicted octanol–water partition coefficient (Wildman–Crippen LogP) is 3.06. The van der Waals surface area contributed by atoms with Crippen LogP contribution in [0.15, 0.2) is 42.7 Å². The van der Waals surface area contributed by atoms with Gasteiger partial charge in [-0.2, -0.15) is 5.26 Å². The van der Waals surface area contributed by atoms with Crippen molar-refractivity contribution in [1.29, 1.82) is 5.26 Å². The Morgan fingerprint density at radius 3 is 2.71 bits per heavy atom. The maximum atomic E-state index is 13.5. The summed E-state index contributed by atoms with van der Waals surface area (Å²) in [6.07, 6.45) is 2.73. The average Bonchev–Trinajstić information content (AvgIpc) is 3.07. The first-order valence-corrected chi connectivity index (χ1v) is 9.73. The van der Waals surface area contributed by atoms with Crippen molar-refractivity contribution in [3.63, 3.8) is 0 Å². The smallest absolute Gasteiger partial charge is 0.268 e. The normalized spacial score (nSPS) is 18.3. The summed E-state index contributed by atoms with van der Waals surface area (Å²) in [6, 6.07) is 8.07. The highest BCUT2D eigenvalue weighted by atomic mass is 19.3. The van der Waals surface area contributed by atoms with Crippen LogP contribution in [0.4, 0.5) is 13.2 Å². The topological polar surface area (TPSA) is 86.1 Å². The van der Waals surface area contributed by atoms with Crippen LogP contribution in [0, 0.1) is 17.1 Å². The molecule has 3 rings (SSSR count). The fourth-order valence-corrected chi connectivity index (χ4v) is 3.60. The van der Waals surface area contributed by atoms with Gasteiger partial charge in [0.05, 0.1) is 19.2 Å². The number of aromatic nitrogens is 1. The Hall–Kier alpha value is -3.41. The molecule has 2 aromatic rings. The van der Waals surface area contributed by atoms with Crippen molar-refractivity contribution < 1.29 is 22.8 Å². The number of benzene rings is 1. The van der Waals surface area contributed by atoms with Crippen molar-refractivity contribution in [2.45, 2.75) is 37.6 Å². The molecule has 6 nitrogen and oxygen atoms in total. The van der Waals surface area contributed by atoms with Gasteiger partial charge in [0.2, 0.25) is 5.91 Å². The van der Waals surface area contributed by atoms with Crippen LogP contribution >= 0.6 is 0 Å². The van der Waals surface area contributed by atoms with Crippen molar-refractivity contribution in [3.8, 4) is 6.07 Å². The second kappa shape index (κ2) is 9.16. The van der Waals surface area contributed by atoms with Gasteiger partial charge in [0.1, 0.15) is 11.9 Å². The van der Waals surface area contributed by atoms with Gasteiger partial charge in [0.25, 0.3) is 11.8 Å². The molecule has 9 heteroatoms. The zero-order chi connectivity index (χ0) is 22.6. The molecule has 0 aliphatic carbocycles. The number of hydrogen-bond donors (Lipinski definition) is 1. The fourth-order valence-electron chi connectivity index (χ4n) is 3.60. The lowest BCUT2D eigenvalue weighted by Gasteiger charge is -2.19. The van der Waals surface area contributed by atoms with Crippen LogP contribution < -0.4 is 5.32 Å². The summed E-state index contributed by atoms with van der Waals surface area (Å²) in [5.41, 5.74) is 1.83. The molecule has 1 fully saturated rings. The lowest BCUT2D eigenvalue weighted by atomic mass is 9.92. The maximum Gasteiger partial charge on any atom is 0.268 e. The number of nitrogens with one attached hydrogen (secondary N) is 1. The van der Waals surface area contributed by atoms with Gasteiger partial charge >= 0.3 is 0 Å². The lowest BCUT2D eigenvalue weighted by Crippen LogP contribution is -2.43. The predicted molar refractivity (Wildman–Crippen MR) is 106 cm³/mol. The second-order valence-electron chi connectivity index (χ2n) is 7.60. The Kier molecular flexibility index (Phi) is 6.59. The Morgan fingerprint density at radius 1 is 1.32 bits per heavy atom. The number of rotatable bonds is 6. The number of carbonyl (C=O) groups is 2. The number of amides is 2. The first-order valence-electron chi connectivity index (χ1n) is 9.73. The average molecular weight is 430 g/mol. The van der Waals surface area contributed by atoms with Gasteiger partial charge < -0.3 is 10.2 Å². The zero-order valence-electron chi connectivity index (χ0n) is 16.8. The van der Waals surface area contributed by atoms with Crippen molar-refractivity contribution in [3.05, 3.63) is 65.2 Å². The van der Waals surface area contributed by atoms with E-state index in [1.165, 1.54) is 24.4 Å². The Labute approximate surface area is 177 Å². The van der Waals surface area contributed by atoms with Gasteiger partial charge in [0, 0.05) is 24.4 Å². The molecule has 1 aliphatic rings. The van der Waals surface area contributed by atoms with Crippen LogP contribution in [0.1, 0.15) is 40.7 Å². The largest absolute Gasteiger partial charge is 0.343 e. The minimum atomic E-state index is -3.12. The van der Waals surface area contributed by atoms with E-state index < -0.39 is 43.3 Å². The lowest BCUT2D eigenvalue weighted by molar-refractivity contribution is -0.131. The molecular formula is C22H21F3N4O2. The third-order valence-corrected chi connectivity index (χ3v) is 5.25. The molecule has 0 spiro atoms. The summed E-state index contributed by atoms with van der Waals surface area (Å²) >= 11 is 0. The Bertz CT molecular complexity index is 1000. The Balaban J connectivity index is 1.65. The van der Waals surface area contributed by atoms with Crippen molar-refractivity contribution in [2.75, 3.05) is 13.1 Å². The van der Waals surface area contributed by atoms with Gasteiger partial charge in [-0.25, -0.2) is 13.2 Å². The van der Waals surface area contributed by atoms with E-state index in [1.54, 1.807) is 24.4 Å². The molecule has 1 aromatic carbocycles. The molecule has 1 unspecified atom stereocenters. The summed E-state index contributed by atoms with van der Waals surface area (Å²) in [5, 5.41) is 11.5.